The maximum atomic E-state index is 13.5. The molecule has 2 aromatic rings. The molecule has 1 atom stereocenters. The fourth-order valence-electron chi connectivity index (χ4n) is 2.04. The lowest BCUT2D eigenvalue weighted by atomic mass is 10.1. The number of carbonyl (C=O) groups is 1. The van der Waals surface area contributed by atoms with Gasteiger partial charge in [0, 0.05) is 17.8 Å². The Bertz CT molecular complexity index is 668. The SMILES string of the molecule is CC(C)c1nc(CC(=O)NCC(O)c2c(F)cccc2F)cs1. The topological polar surface area (TPSA) is 62.2 Å². The quantitative estimate of drug-likeness (QED) is 0.850. The molecule has 2 N–H and O–H groups in total. The number of benzene rings is 1. The van der Waals surface area contributed by atoms with E-state index in [-0.39, 0.29) is 18.9 Å². The Morgan fingerprint density at radius 2 is 2.00 bits per heavy atom. The third-order valence-electron chi connectivity index (χ3n) is 3.23. The number of hydrogen-bond donors (Lipinski definition) is 2. The maximum Gasteiger partial charge on any atom is 0.226 e. The summed E-state index contributed by atoms with van der Waals surface area (Å²) in [5.74, 6) is -1.75. The average molecular weight is 340 g/mol. The zero-order valence-electron chi connectivity index (χ0n) is 12.8. The van der Waals surface area contributed by atoms with Crippen molar-refractivity contribution in [2.24, 2.45) is 0 Å². The number of thiazole rings is 1. The highest BCUT2D eigenvalue weighted by Crippen LogP contribution is 2.21. The molecule has 0 saturated heterocycles. The first-order valence-electron chi connectivity index (χ1n) is 7.21. The molecule has 7 heteroatoms. The molecule has 124 valence electrons. The molecule has 0 radical (unpaired) electrons. The van der Waals surface area contributed by atoms with Gasteiger partial charge in [-0.3, -0.25) is 4.79 Å². The Hall–Kier alpha value is -1.86. The van der Waals surface area contributed by atoms with Crippen molar-refractivity contribution in [2.45, 2.75) is 32.3 Å². The van der Waals surface area contributed by atoms with Gasteiger partial charge < -0.3 is 10.4 Å². The number of rotatable bonds is 6. The molecule has 0 aliphatic heterocycles. The summed E-state index contributed by atoms with van der Waals surface area (Å²) in [6.07, 6.45) is -1.38. The minimum absolute atomic E-state index is 0.0652. The number of halogens is 2. The molecule has 0 saturated carbocycles. The van der Waals surface area contributed by atoms with Crippen LogP contribution < -0.4 is 5.32 Å². The van der Waals surface area contributed by atoms with Crippen LogP contribution in [0.3, 0.4) is 0 Å². The number of aliphatic hydroxyl groups excluding tert-OH is 1. The summed E-state index contributed by atoms with van der Waals surface area (Å²) in [4.78, 5) is 16.2. The van der Waals surface area contributed by atoms with Crippen LogP contribution in [0.25, 0.3) is 0 Å². The van der Waals surface area contributed by atoms with E-state index in [0.29, 0.717) is 11.6 Å². The first-order valence-corrected chi connectivity index (χ1v) is 8.09. The number of aliphatic hydroxyl groups is 1. The number of carbonyl (C=O) groups excluding carboxylic acids is 1. The van der Waals surface area contributed by atoms with E-state index in [4.69, 9.17) is 0 Å². The molecular formula is C16H18F2N2O2S. The summed E-state index contributed by atoms with van der Waals surface area (Å²) in [6.45, 7) is 3.77. The number of hydrogen-bond acceptors (Lipinski definition) is 4. The zero-order valence-corrected chi connectivity index (χ0v) is 13.7. The molecule has 0 aliphatic carbocycles. The zero-order chi connectivity index (χ0) is 17.0. The molecule has 1 aromatic carbocycles. The Morgan fingerprint density at radius 1 is 1.35 bits per heavy atom. The maximum absolute atomic E-state index is 13.5. The number of nitrogens with zero attached hydrogens (tertiary/aromatic N) is 1. The van der Waals surface area contributed by atoms with E-state index in [2.05, 4.69) is 10.3 Å². The highest BCUT2D eigenvalue weighted by molar-refractivity contribution is 7.09. The lowest BCUT2D eigenvalue weighted by Gasteiger charge is -2.13. The molecule has 0 fully saturated rings. The van der Waals surface area contributed by atoms with Gasteiger partial charge in [0.15, 0.2) is 0 Å². The standard InChI is InChI=1S/C16H18F2N2O2S/c1-9(2)16-20-10(8-23-16)6-14(22)19-7-13(21)15-11(17)4-3-5-12(15)18/h3-5,8-9,13,21H,6-7H2,1-2H3,(H,19,22). The molecule has 4 nitrogen and oxygen atoms in total. The van der Waals surface area contributed by atoms with Crippen molar-refractivity contribution in [3.8, 4) is 0 Å². The molecule has 0 spiro atoms. The molecule has 1 amide bonds. The Morgan fingerprint density at radius 3 is 2.57 bits per heavy atom. The number of aromatic nitrogens is 1. The van der Waals surface area contributed by atoms with E-state index in [1.54, 1.807) is 0 Å². The van der Waals surface area contributed by atoms with Gasteiger partial charge in [-0.1, -0.05) is 19.9 Å². The van der Waals surface area contributed by atoms with Gasteiger partial charge in [0.2, 0.25) is 5.91 Å². The normalized spacial score (nSPS) is 12.4. The molecule has 0 bridgehead atoms. The van der Waals surface area contributed by atoms with Crippen LogP contribution in [0.15, 0.2) is 23.6 Å². The van der Waals surface area contributed by atoms with Crippen LogP contribution in [0.5, 0.6) is 0 Å². The van der Waals surface area contributed by atoms with Crippen LogP contribution in [0.4, 0.5) is 8.78 Å². The second kappa shape index (κ2) is 7.61. The van der Waals surface area contributed by atoms with Gasteiger partial charge in [0.25, 0.3) is 0 Å². The summed E-state index contributed by atoms with van der Waals surface area (Å²) in [6, 6.07) is 3.34. The van der Waals surface area contributed by atoms with Crippen molar-refractivity contribution < 1.29 is 18.7 Å². The molecule has 0 aliphatic rings. The largest absolute Gasteiger partial charge is 0.386 e. The van der Waals surface area contributed by atoms with Crippen LogP contribution >= 0.6 is 11.3 Å². The lowest BCUT2D eigenvalue weighted by molar-refractivity contribution is -0.121. The summed E-state index contributed by atoms with van der Waals surface area (Å²) in [5.41, 5.74) is 0.200. The van der Waals surface area contributed by atoms with Crippen molar-refractivity contribution >= 4 is 17.2 Å². The Labute approximate surface area is 137 Å². The number of amides is 1. The van der Waals surface area contributed by atoms with Crippen molar-refractivity contribution in [2.75, 3.05) is 6.54 Å². The summed E-state index contributed by atoms with van der Waals surface area (Å²) < 4.78 is 27.1. The highest BCUT2D eigenvalue weighted by atomic mass is 32.1. The second-order valence-corrected chi connectivity index (χ2v) is 6.35. The predicted molar refractivity (Wildman–Crippen MR) is 84.2 cm³/mol. The van der Waals surface area contributed by atoms with Gasteiger partial charge in [-0.25, -0.2) is 13.8 Å². The fourth-order valence-corrected chi connectivity index (χ4v) is 2.87. The first-order chi connectivity index (χ1) is 10.9. The van der Waals surface area contributed by atoms with Crippen LogP contribution in [-0.4, -0.2) is 22.5 Å². The molecule has 2 rings (SSSR count). The van der Waals surface area contributed by atoms with Gasteiger partial charge in [0.1, 0.15) is 17.7 Å². The second-order valence-electron chi connectivity index (χ2n) is 5.46. The van der Waals surface area contributed by atoms with E-state index in [0.717, 1.165) is 17.1 Å². The van der Waals surface area contributed by atoms with E-state index >= 15 is 0 Å². The van der Waals surface area contributed by atoms with Crippen LogP contribution in [0.1, 0.15) is 42.1 Å². The van der Waals surface area contributed by atoms with Crippen molar-refractivity contribution in [1.29, 1.82) is 0 Å². The van der Waals surface area contributed by atoms with Gasteiger partial charge in [-0.15, -0.1) is 11.3 Å². The van der Waals surface area contributed by atoms with Gasteiger partial charge in [0.05, 0.1) is 22.7 Å². The fraction of sp³-hybridized carbons (Fsp3) is 0.375. The summed E-state index contributed by atoms with van der Waals surface area (Å²) in [5, 5.41) is 15.1. The van der Waals surface area contributed by atoms with Gasteiger partial charge in [-0.2, -0.15) is 0 Å². The van der Waals surface area contributed by atoms with Crippen LogP contribution in [-0.2, 0) is 11.2 Å². The summed E-state index contributed by atoms with van der Waals surface area (Å²) >= 11 is 1.49. The monoisotopic (exact) mass is 340 g/mol. The van der Waals surface area contributed by atoms with E-state index in [9.17, 15) is 18.7 Å². The third kappa shape index (κ3) is 4.56. The molecule has 1 heterocycles. The van der Waals surface area contributed by atoms with Crippen LogP contribution in [0, 0.1) is 11.6 Å². The first kappa shape index (κ1) is 17.5. The van der Waals surface area contributed by atoms with E-state index in [1.165, 1.54) is 17.4 Å². The average Bonchev–Trinajstić information content (AvgIpc) is 2.93. The Kier molecular flexibility index (Phi) is 5.79. The number of nitrogens with one attached hydrogen (secondary N) is 1. The van der Waals surface area contributed by atoms with Crippen molar-refractivity contribution in [1.82, 2.24) is 10.3 Å². The summed E-state index contributed by atoms with van der Waals surface area (Å²) in [7, 11) is 0. The lowest BCUT2D eigenvalue weighted by Crippen LogP contribution is -2.30. The third-order valence-corrected chi connectivity index (χ3v) is 4.42. The minimum atomic E-state index is -1.44. The smallest absolute Gasteiger partial charge is 0.226 e. The van der Waals surface area contributed by atoms with E-state index in [1.807, 2.05) is 19.2 Å². The van der Waals surface area contributed by atoms with Crippen molar-refractivity contribution in [3.05, 3.63) is 51.5 Å². The Balaban J connectivity index is 1.91. The molecular weight excluding hydrogens is 322 g/mol. The van der Waals surface area contributed by atoms with Gasteiger partial charge in [-0.05, 0) is 12.1 Å². The van der Waals surface area contributed by atoms with Gasteiger partial charge >= 0.3 is 0 Å². The molecule has 23 heavy (non-hydrogen) atoms. The minimum Gasteiger partial charge on any atom is -0.386 e. The predicted octanol–water partition coefficient (Wildman–Crippen LogP) is 2.94. The van der Waals surface area contributed by atoms with Crippen LogP contribution in [0.2, 0.25) is 0 Å². The van der Waals surface area contributed by atoms with Crippen molar-refractivity contribution in [3.63, 3.8) is 0 Å². The molecule has 1 aromatic heterocycles. The highest BCUT2D eigenvalue weighted by Gasteiger charge is 2.18. The molecule has 1 unspecified atom stereocenters. The van der Waals surface area contributed by atoms with E-state index < -0.39 is 23.3 Å².